The van der Waals surface area contributed by atoms with Crippen molar-refractivity contribution >= 4 is 0 Å². The minimum atomic E-state index is 0.822. The Morgan fingerprint density at radius 1 is 1.11 bits per heavy atom. The van der Waals surface area contributed by atoms with Crippen LogP contribution in [0.15, 0.2) is 30.3 Å². The minimum absolute atomic E-state index is 0.822. The van der Waals surface area contributed by atoms with Crippen molar-refractivity contribution in [1.82, 2.24) is 10.6 Å². The fourth-order valence-electron chi connectivity index (χ4n) is 3.57. The molecule has 2 aliphatic rings. The molecule has 1 saturated heterocycles. The fraction of sp³-hybridized carbons (Fsp3) is 0.625. The molecule has 0 spiro atoms. The SMILES string of the molecule is c1ccc(CNCC2CCC3CCNC3C2)cc1. The molecule has 2 heteroatoms. The Kier molecular flexibility index (Phi) is 3.96. The van der Waals surface area contributed by atoms with E-state index in [0.29, 0.717) is 0 Å². The van der Waals surface area contributed by atoms with Crippen LogP contribution in [0.25, 0.3) is 0 Å². The van der Waals surface area contributed by atoms with Crippen LogP contribution in [0.2, 0.25) is 0 Å². The lowest BCUT2D eigenvalue weighted by molar-refractivity contribution is 0.242. The van der Waals surface area contributed by atoms with Crippen molar-refractivity contribution in [2.75, 3.05) is 13.1 Å². The first-order valence-corrected chi connectivity index (χ1v) is 7.40. The third-order valence-corrected chi connectivity index (χ3v) is 4.63. The first-order valence-electron chi connectivity index (χ1n) is 7.40. The topological polar surface area (TPSA) is 24.1 Å². The zero-order chi connectivity index (χ0) is 12.2. The smallest absolute Gasteiger partial charge is 0.0205 e. The van der Waals surface area contributed by atoms with Crippen molar-refractivity contribution < 1.29 is 0 Å². The largest absolute Gasteiger partial charge is 0.314 e. The molecule has 0 bridgehead atoms. The molecule has 1 aromatic carbocycles. The van der Waals surface area contributed by atoms with Crippen LogP contribution < -0.4 is 10.6 Å². The summed E-state index contributed by atoms with van der Waals surface area (Å²) in [6.45, 7) is 3.44. The molecule has 0 radical (unpaired) electrons. The zero-order valence-corrected chi connectivity index (χ0v) is 11.1. The molecule has 3 unspecified atom stereocenters. The van der Waals surface area contributed by atoms with Gasteiger partial charge in [-0.2, -0.15) is 0 Å². The van der Waals surface area contributed by atoms with E-state index < -0.39 is 0 Å². The lowest BCUT2D eigenvalue weighted by Crippen LogP contribution is -2.37. The van der Waals surface area contributed by atoms with Crippen LogP contribution in [0.5, 0.6) is 0 Å². The molecule has 2 nitrogen and oxygen atoms in total. The Balaban J connectivity index is 1.41. The van der Waals surface area contributed by atoms with Crippen LogP contribution in [-0.4, -0.2) is 19.1 Å². The van der Waals surface area contributed by atoms with Crippen molar-refractivity contribution in [1.29, 1.82) is 0 Å². The summed E-state index contributed by atoms with van der Waals surface area (Å²) in [6.07, 6.45) is 5.65. The van der Waals surface area contributed by atoms with E-state index >= 15 is 0 Å². The average Bonchev–Trinajstić information content (AvgIpc) is 2.87. The molecule has 1 heterocycles. The van der Waals surface area contributed by atoms with Gasteiger partial charge in [0.15, 0.2) is 0 Å². The van der Waals surface area contributed by atoms with Crippen LogP contribution in [0.3, 0.4) is 0 Å². The summed E-state index contributed by atoms with van der Waals surface area (Å²) in [5.41, 5.74) is 1.39. The van der Waals surface area contributed by atoms with E-state index in [1.54, 1.807) is 0 Å². The standard InChI is InChI=1S/C16H24N2/c1-2-4-13(5-3-1)11-17-12-14-6-7-15-8-9-18-16(15)10-14/h1-5,14-18H,6-12H2. The molecule has 2 N–H and O–H groups in total. The van der Waals surface area contributed by atoms with E-state index in [2.05, 4.69) is 41.0 Å². The first kappa shape index (κ1) is 12.2. The van der Waals surface area contributed by atoms with Gasteiger partial charge in [0.25, 0.3) is 0 Å². The molecule has 0 amide bonds. The highest BCUT2D eigenvalue weighted by Crippen LogP contribution is 2.33. The van der Waals surface area contributed by atoms with Gasteiger partial charge in [-0.3, -0.25) is 0 Å². The fourth-order valence-corrected chi connectivity index (χ4v) is 3.57. The van der Waals surface area contributed by atoms with Gasteiger partial charge in [0.1, 0.15) is 0 Å². The molecule has 2 fully saturated rings. The lowest BCUT2D eigenvalue weighted by atomic mass is 9.79. The molecule has 3 rings (SSSR count). The number of hydrogen-bond acceptors (Lipinski definition) is 2. The summed E-state index contributed by atoms with van der Waals surface area (Å²) in [5, 5.41) is 7.29. The Bertz CT molecular complexity index is 363. The zero-order valence-electron chi connectivity index (χ0n) is 11.1. The highest BCUT2D eigenvalue weighted by Gasteiger charge is 2.33. The van der Waals surface area contributed by atoms with Gasteiger partial charge in [-0.1, -0.05) is 30.3 Å². The van der Waals surface area contributed by atoms with Crippen LogP contribution in [-0.2, 0) is 6.54 Å². The Morgan fingerprint density at radius 2 is 2.00 bits per heavy atom. The van der Waals surface area contributed by atoms with Gasteiger partial charge < -0.3 is 10.6 Å². The average molecular weight is 244 g/mol. The van der Waals surface area contributed by atoms with E-state index in [1.165, 1.54) is 44.3 Å². The Hall–Kier alpha value is -0.860. The molecule has 1 aliphatic heterocycles. The van der Waals surface area contributed by atoms with Crippen molar-refractivity contribution in [3.05, 3.63) is 35.9 Å². The number of hydrogen-bond donors (Lipinski definition) is 2. The molecule has 1 aromatic rings. The number of fused-ring (bicyclic) bond motifs is 1. The van der Waals surface area contributed by atoms with Gasteiger partial charge >= 0.3 is 0 Å². The van der Waals surface area contributed by atoms with Crippen LogP contribution in [0.1, 0.15) is 31.2 Å². The highest BCUT2D eigenvalue weighted by atomic mass is 15.0. The van der Waals surface area contributed by atoms with Crippen LogP contribution in [0, 0.1) is 11.8 Å². The van der Waals surface area contributed by atoms with Crippen molar-refractivity contribution in [2.45, 2.75) is 38.3 Å². The maximum absolute atomic E-state index is 3.67. The predicted molar refractivity (Wildman–Crippen MR) is 75.4 cm³/mol. The molecule has 98 valence electrons. The summed E-state index contributed by atoms with van der Waals surface area (Å²) in [4.78, 5) is 0. The van der Waals surface area contributed by atoms with Gasteiger partial charge in [0.2, 0.25) is 0 Å². The van der Waals surface area contributed by atoms with E-state index in [0.717, 1.165) is 24.4 Å². The predicted octanol–water partition coefficient (Wildman–Crippen LogP) is 2.55. The number of benzene rings is 1. The number of nitrogens with one attached hydrogen (secondary N) is 2. The van der Waals surface area contributed by atoms with Gasteiger partial charge in [-0.15, -0.1) is 0 Å². The van der Waals surface area contributed by atoms with Gasteiger partial charge in [-0.05, 0) is 56.2 Å². The van der Waals surface area contributed by atoms with Gasteiger partial charge in [0.05, 0.1) is 0 Å². The molecule has 0 aromatic heterocycles. The van der Waals surface area contributed by atoms with Crippen LogP contribution in [0.4, 0.5) is 0 Å². The second kappa shape index (κ2) is 5.85. The third kappa shape index (κ3) is 2.93. The molecule has 1 aliphatic carbocycles. The molecule has 1 saturated carbocycles. The molecular weight excluding hydrogens is 220 g/mol. The lowest BCUT2D eigenvalue weighted by Gasteiger charge is -2.31. The minimum Gasteiger partial charge on any atom is -0.314 e. The van der Waals surface area contributed by atoms with Crippen molar-refractivity contribution in [3.63, 3.8) is 0 Å². The summed E-state index contributed by atoms with van der Waals surface area (Å²) in [7, 11) is 0. The summed E-state index contributed by atoms with van der Waals surface area (Å²) in [5.74, 6) is 1.86. The molecule has 3 atom stereocenters. The first-order chi connectivity index (χ1) is 8.92. The summed E-state index contributed by atoms with van der Waals surface area (Å²) in [6, 6.07) is 11.5. The van der Waals surface area contributed by atoms with Gasteiger partial charge in [0, 0.05) is 12.6 Å². The maximum Gasteiger partial charge on any atom is 0.0205 e. The van der Waals surface area contributed by atoms with E-state index in [-0.39, 0.29) is 0 Å². The van der Waals surface area contributed by atoms with Gasteiger partial charge in [-0.25, -0.2) is 0 Å². The van der Waals surface area contributed by atoms with E-state index in [1.807, 2.05) is 0 Å². The number of rotatable bonds is 4. The van der Waals surface area contributed by atoms with Crippen molar-refractivity contribution in [3.8, 4) is 0 Å². The quantitative estimate of drug-likeness (QED) is 0.850. The third-order valence-electron chi connectivity index (χ3n) is 4.63. The molecule has 18 heavy (non-hydrogen) atoms. The van der Waals surface area contributed by atoms with Crippen molar-refractivity contribution in [2.24, 2.45) is 11.8 Å². The normalized spacial score (nSPS) is 31.2. The highest BCUT2D eigenvalue weighted by molar-refractivity contribution is 5.14. The van der Waals surface area contributed by atoms with Crippen LogP contribution >= 0.6 is 0 Å². The van der Waals surface area contributed by atoms with E-state index in [9.17, 15) is 0 Å². The second-order valence-corrected chi connectivity index (χ2v) is 5.90. The second-order valence-electron chi connectivity index (χ2n) is 5.90. The Morgan fingerprint density at radius 3 is 2.89 bits per heavy atom. The summed E-state index contributed by atoms with van der Waals surface area (Å²) >= 11 is 0. The Labute approximate surface area is 110 Å². The molecular formula is C16H24N2. The van der Waals surface area contributed by atoms with E-state index in [4.69, 9.17) is 0 Å². The summed E-state index contributed by atoms with van der Waals surface area (Å²) < 4.78 is 0. The monoisotopic (exact) mass is 244 g/mol. The maximum atomic E-state index is 3.67.